The molecule has 2 aromatic rings. The summed E-state index contributed by atoms with van der Waals surface area (Å²) in [7, 11) is 1.62. The molecule has 6 nitrogen and oxygen atoms in total. The number of aromatic nitrogens is 2. The first kappa shape index (κ1) is 17.2. The molecule has 0 spiro atoms. The van der Waals surface area contributed by atoms with Gasteiger partial charge < -0.3 is 15.4 Å². The second-order valence-electron chi connectivity index (χ2n) is 6.26. The highest BCUT2D eigenvalue weighted by Gasteiger charge is 2.14. The molecular formula is C19H24N4O2. The van der Waals surface area contributed by atoms with E-state index in [-0.39, 0.29) is 5.91 Å². The van der Waals surface area contributed by atoms with E-state index in [2.05, 4.69) is 20.6 Å². The zero-order chi connectivity index (χ0) is 17.5. The van der Waals surface area contributed by atoms with Crippen LogP contribution >= 0.6 is 0 Å². The number of anilines is 1. The van der Waals surface area contributed by atoms with E-state index in [1.54, 1.807) is 13.3 Å². The number of carbonyl (C=O) groups excluding carboxylic acids is 1. The van der Waals surface area contributed by atoms with Crippen molar-refractivity contribution in [2.75, 3.05) is 12.4 Å². The Balaban J connectivity index is 1.55. The average Bonchev–Trinajstić information content (AvgIpc) is 2.67. The highest BCUT2D eigenvalue weighted by molar-refractivity contribution is 5.92. The van der Waals surface area contributed by atoms with Gasteiger partial charge in [0.25, 0.3) is 5.91 Å². The second kappa shape index (κ2) is 8.46. The molecular weight excluding hydrogens is 316 g/mol. The van der Waals surface area contributed by atoms with Gasteiger partial charge in [-0.15, -0.1) is 0 Å². The molecule has 1 fully saturated rings. The summed E-state index contributed by atoms with van der Waals surface area (Å²) in [6, 6.07) is 8.06. The van der Waals surface area contributed by atoms with E-state index >= 15 is 0 Å². The third kappa shape index (κ3) is 4.68. The molecule has 25 heavy (non-hydrogen) atoms. The zero-order valence-corrected chi connectivity index (χ0v) is 14.5. The molecule has 1 saturated carbocycles. The number of nitrogens with zero attached hydrogens (tertiary/aromatic N) is 2. The van der Waals surface area contributed by atoms with Crippen molar-refractivity contribution in [3.05, 3.63) is 47.9 Å². The molecule has 1 amide bonds. The molecule has 0 unspecified atom stereocenters. The topological polar surface area (TPSA) is 76.1 Å². The minimum atomic E-state index is -0.248. The quantitative estimate of drug-likeness (QED) is 0.845. The minimum absolute atomic E-state index is 0.248. The number of nitrogens with one attached hydrogen (secondary N) is 2. The van der Waals surface area contributed by atoms with Crippen LogP contribution in [0.3, 0.4) is 0 Å². The van der Waals surface area contributed by atoms with Gasteiger partial charge in [-0.1, -0.05) is 37.5 Å². The highest BCUT2D eigenvalue weighted by Crippen LogP contribution is 2.20. The van der Waals surface area contributed by atoms with Crippen molar-refractivity contribution >= 4 is 11.7 Å². The first-order chi connectivity index (χ1) is 12.3. The molecule has 1 aromatic heterocycles. The van der Waals surface area contributed by atoms with Gasteiger partial charge in [-0.2, -0.15) is 0 Å². The molecule has 2 N–H and O–H groups in total. The van der Waals surface area contributed by atoms with Crippen LogP contribution in [0.4, 0.5) is 5.82 Å². The van der Waals surface area contributed by atoms with Crippen LogP contribution in [-0.2, 0) is 6.54 Å². The molecule has 3 rings (SSSR count). The predicted octanol–water partition coefficient (Wildman–Crippen LogP) is 3.16. The van der Waals surface area contributed by atoms with Crippen LogP contribution in [0.5, 0.6) is 5.75 Å². The molecule has 0 aliphatic heterocycles. The minimum Gasteiger partial charge on any atom is -0.496 e. The van der Waals surface area contributed by atoms with Crippen LogP contribution in [0.2, 0.25) is 0 Å². The Labute approximate surface area is 148 Å². The Morgan fingerprint density at radius 1 is 1.16 bits per heavy atom. The molecule has 1 heterocycles. The normalized spacial score (nSPS) is 14.8. The lowest BCUT2D eigenvalue weighted by molar-refractivity contribution is 0.0945. The van der Waals surface area contributed by atoms with Gasteiger partial charge >= 0.3 is 0 Å². The summed E-state index contributed by atoms with van der Waals surface area (Å²) in [6.07, 6.45) is 9.32. The molecule has 1 aromatic carbocycles. The maximum atomic E-state index is 12.2. The lowest BCUT2D eigenvalue weighted by Crippen LogP contribution is -2.25. The summed E-state index contributed by atoms with van der Waals surface area (Å²) in [5, 5.41) is 6.25. The number of carbonyl (C=O) groups is 1. The number of rotatable bonds is 6. The maximum Gasteiger partial charge on any atom is 0.271 e. The molecule has 6 heteroatoms. The summed E-state index contributed by atoms with van der Waals surface area (Å²) in [6.45, 7) is 0.382. The number of amides is 1. The van der Waals surface area contributed by atoms with Gasteiger partial charge in [-0.25, -0.2) is 9.97 Å². The molecule has 0 radical (unpaired) electrons. The number of para-hydroxylation sites is 1. The lowest BCUT2D eigenvalue weighted by Gasteiger charge is -2.23. The van der Waals surface area contributed by atoms with Gasteiger partial charge in [0.15, 0.2) is 0 Å². The van der Waals surface area contributed by atoms with E-state index < -0.39 is 0 Å². The zero-order valence-electron chi connectivity index (χ0n) is 14.5. The standard InChI is InChI=1S/C19H24N4O2/c1-25-17-10-6-5-7-14(17)11-22-19(24)16-12-21-18(13-20-16)23-15-8-3-2-4-9-15/h5-7,10,12-13,15H,2-4,8-9,11H2,1H3,(H,21,23)(H,22,24). The van der Waals surface area contributed by atoms with Gasteiger partial charge in [0.2, 0.25) is 0 Å². The van der Waals surface area contributed by atoms with Gasteiger partial charge in [-0.05, 0) is 18.9 Å². The Morgan fingerprint density at radius 3 is 2.68 bits per heavy atom. The Kier molecular flexibility index (Phi) is 5.82. The first-order valence-electron chi connectivity index (χ1n) is 8.75. The van der Waals surface area contributed by atoms with Crippen LogP contribution < -0.4 is 15.4 Å². The molecule has 132 valence electrons. The van der Waals surface area contributed by atoms with Crippen LogP contribution in [0.1, 0.15) is 48.2 Å². The summed E-state index contributed by atoms with van der Waals surface area (Å²) < 4.78 is 5.28. The van der Waals surface area contributed by atoms with Crippen molar-refractivity contribution < 1.29 is 9.53 Å². The van der Waals surface area contributed by atoms with Crippen LogP contribution in [0.15, 0.2) is 36.7 Å². The van der Waals surface area contributed by atoms with Gasteiger partial charge in [0.05, 0.1) is 19.5 Å². The van der Waals surface area contributed by atoms with Gasteiger partial charge in [0.1, 0.15) is 17.3 Å². The molecule has 0 saturated heterocycles. The van der Waals surface area contributed by atoms with E-state index in [1.165, 1.54) is 38.3 Å². The molecule has 1 aliphatic carbocycles. The fraction of sp³-hybridized carbons (Fsp3) is 0.421. The van der Waals surface area contributed by atoms with Crippen molar-refractivity contribution in [1.82, 2.24) is 15.3 Å². The van der Waals surface area contributed by atoms with E-state index in [1.807, 2.05) is 24.3 Å². The Morgan fingerprint density at radius 2 is 1.96 bits per heavy atom. The van der Waals surface area contributed by atoms with Gasteiger partial charge in [0, 0.05) is 18.2 Å². The number of ether oxygens (including phenoxy) is 1. The fourth-order valence-electron chi connectivity index (χ4n) is 3.09. The average molecular weight is 340 g/mol. The van der Waals surface area contributed by atoms with Crippen molar-refractivity contribution in [3.8, 4) is 5.75 Å². The number of benzene rings is 1. The van der Waals surface area contributed by atoms with E-state index in [4.69, 9.17) is 4.74 Å². The smallest absolute Gasteiger partial charge is 0.271 e. The van der Waals surface area contributed by atoms with Crippen LogP contribution in [0.25, 0.3) is 0 Å². The predicted molar refractivity (Wildman–Crippen MR) is 96.7 cm³/mol. The largest absolute Gasteiger partial charge is 0.496 e. The van der Waals surface area contributed by atoms with Crippen molar-refractivity contribution in [2.45, 2.75) is 44.7 Å². The summed E-state index contributed by atoms with van der Waals surface area (Å²) >= 11 is 0. The van der Waals surface area contributed by atoms with E-state index in [9.17, 15) is 4.79 Å². The molecule has 0 atom stereocenters. The maximum absolute atomic E-state index is 12.2. The van der Waals surface area contributed by atoms with E-state index in [0.29, 0.717) is 18.3 Å². The lowest BCUT2D eigenvalue weighted by atomic mass is 9.96. The fourth-order valence-corrected chi connectivity index (χ4v) is 3.09. The molecule has 0 bridgehead atoms. The number of hydrogen-bond acceptors (Lipinski definition) is 5. The second-order valence-corrected chi connectivity index (χ2v) is 6.26. The van der Waals surface area contributed by atoms with Crippen molar-refractivity contribution in [1.29, 1.82) is 0 Å². The molecule has 1 aliphatic rings. The summed E-state index contributed by atoms with van der Waals surface area (Å²) in [5.74, 6) is 1.23. The summed E-state index contributed by atoms with van der Waals surface area (Å²) in [4.78, 5) is 20.8. The third-order valence-electron chi connectivity index (χ3n) is 4.47. The van der Waals surface area contributed by atoms with Crippen molar-refractivity contribution in [3.63, 3.8) is 0 Å². The van der Waals surface area contributed by atoms with E-state index in [0.717, 1.165) is 17.1 Å². The third-order valence-corrected chi connectivity index (χ3v) is 4.47. The first-order valence-corrected chi connectivity index (χ1v) is 8.75. The number of methoxy groups -OCH3 is 1. The monoisotopic (exact) mass is 340 g/mol. The van der Waals surface area contributed by atoms with Crippen LogP contribution in [-0.4, -0.2) is 29.0 Å². The van der Waals surface area contributed by atoms with Gasteiger partial charge in [-0.3, -0.25) is 4.79 Å². The summed E-state index contributed by atoms with van der Waals surface area (Å²) in [5.41, 5.74) is 1.23. The van der Waals surface area contributed by atoms with Crippen molar-refractivity contribution in [2.24, 2.45) is 0 Å². The van der Waals surface area contributed by atoms with Crippen LogP contribution in [0, 0.1) is 0 Å². The Bertz CT molecular complexity index is 697. The Hall–Kier alpha value is -2.63. The number of hydrogen-bond donors (Lipinski definition) is 2. The SMILES string of the molecule is COc1ccccc1CNC(=O)c1cnc(NC2CCCCC2)cn1. The highest BCUT2D eigenvalue weighted by atomic mass is 16.5.